The van der Waals surface area contributed by atoms with Crippen molar-refractivity contribution >= 4 is 19.8 Å². The summed E-state index contributed by atoms with van der Waals surface area (Å²) in [7, 11) is 1.39. The molecule has 370 valence electrons. The summed E-state index contributed by atoms with van der Waals surface area (Å²) in [5.74, 6) is -0.923. The fourth-order valence-corrected chi connectivity index (χ4v) is 6.36. The van der Waals surface area contributed by atoms with Crippen LogP contribution in [0.25, 0.3) is 0 Å². The van der Waals surface area contributed by atoms with Gasteiger partial charge < -0.3 is 18.9 Å². The third kappa shape index (κ3) is 49.3. The maximum absolute atomic E-state index is 12.7. The van der Waals surface area contributed by atoms with Crippen molar-refractivity contribution in [1.82, 2.24) is 0 Å². The number of hydrogen-bond donors (Lipinski definition) is 1. The second-order valence-electron chi connectivity index (χ2n) is 16.7. The number of rotatable bonds is 42. The van der Waals surface area contributed by atoms with Crippen LogP contribution in [0.1, 0.15) is 142 Å². The molecule has 0 spiro atoms. The van der Waals surface area contributed by atoms with Gasteiger partial charge in [0.15, 0.2) is 6.10 Å². The van der Waals surface area contributed by atoms with Crippen molar-refractivity contribution < 1.29 is 42.1 Å². The number of allylic oxidation sites excluding steroid dienone is 24. The number of nitrogens with zero attached hydrogens (tertiary/aromatic N) is 1. The van der Waals surface area contributed by atoms with Gasteiger partial charge in [-0.3, -0.25) is 18.6 Å². The second kappa shape index (κ2) is 46.0. The molecule has 0 saturated heterocycles. The Balaban J connectivity index is 4.50. The van der Waals surface area contributed by atoms with Crippen molar-refractivity contribution in [3.63, 3.8) is 0 Å². The standard InChI is InChI=1S/C56H88NO8P/c1-6-8-10-12-14-16-18-20-22-24-26-27-28-29-31-33-35-37-39-41-43-45-47-49-56(59)65-54(53-64-66(60,61)63-51-50-57(3,4)5)52-62-55(58)48-46-44-42-40-38-36-34-32-30-25-23-21-19-17-15-13-11-9-7-2/h8-11,14-17,20-23,26-27,29-32,35-38,41,43,54H,6-7,12-13,18-19,24-25,28,33-34,39-40,42,44-53H2,1-5H3/p+1/b10-8-,11-9-,16-14-,17-15-,22-20-,23-21-,27-26-,31-29-,32-30-,37-35-,38-36-,43-41-. The summed E-state index contributed by atoms with van der Waals surface area (Å²) >= 11 is 0. The molecule has 0 heterocycles. The van der Waals surface area contributed by atoms with Crippen LogP contribution in [0.15, 0.2) is 146 Å². The Bertz CT molecular complexity index is 1620. The molecule has 66 heavy (non-hydrogen) atoms. The molecule has 2 unspecified atom stereocenters. The summed E-state index contributed by atoms with van der Waals surface area (Å²) < 4.78 is 34.3. The predicted molar refractivity (Wildman–Crippen MR) is 279 cm³/mol. The van der Waals surface area contributed by atoms with Gasteiger partial charge in [0.2, 0.25) is 0 Å². The molecule has 0 saturated carbocycles. The lowest BCUT2D eigenvalue weighted by Crippen LogP contribution is -2.37. The zero-order valence-electron chi connectivity index (χ0n) is 41.6. The average Bonchev–Trinajstić information content (AvgIpc) is 3.27. The number of carbonyl (C=O) groups is 2. The molecule has 0 aromatic rings. The van der Waals surface area contributed by atoms with Gasteiger partial charge in [0.25, 0.3) is 0 Å². The Morgan fingerprint density at radius 1 is 0.470 bits per heavy atom. The number of phosphoric acid groups is 1. The van der Waals surface area contributed by atoms with Gasteiger partial charge in [0.05, 0.1) is 27.7 Å². The van der Waals surface area contributed by atoms with E-state index in [4.69, 9.17) is 18.5 Å². The fraction of sp³-hybridized carbons (Fsp3) is 0.536. The van der Waals surface area contributed by atoms with Crippen LogP contribution in [0.4, 0.5) is 0 Å². The quantitative estimate of drug-likeness (QED) is 0.0212. The molecule has 1 N–H and O–H groups in total. The number of phosphoric ester groups is 1. The molecule has 0 rings (SSSR count). The van der Waals surface area contributed by atoms with Gasteiger partial charge in [-0.15, -0.1) is 0 Å². The van der Waals surface area contributed by atoms with Crippen LogP contribution in [0, 0.1) is 0 Å². The summed E-state index contributed by atoms with van der Waals surface area (Å²) in [5, 5.41) is 0. The van der Waals surface area contributed by atoms with Gasteiger partial charge >= 0.3 is 19.8 Å². The molecule has 0 aliphatic carbocycles. The topological polar surface area (TPSA) is 108 Å². The largest absolute Gasteiger partial charge is 0.472 e. The van der Waals surface area contributed by atoms with E-state index in [0.29, 0.717) is 30.3 Å². The van der Waals surface area contributed by atoms with E-state index in [0.717, 1.165) is 96.3 Å². The number of hydrogen-bond acceptors (Lipinski definition) is 7. The zero-order valence-corrected chi connectivity index (χ0v) is 42.5. The van der Waals surface area contributed by atoms with Gasteiger partial charge in [-0.1, -0.05) is 166 Å². The summed E-state index contributed by atoms with van der Waals surface area (Å²) in [6.45, 7) is 4.05. The van der Waals surface area contributed by atoms with Crippen molar-refractivity contribution in [3.8, 4) is 0 Å². The first-order valence-electron chi connectivity index (χ1n) is 24.6. The van der Waals surface area contributed by atoms with Crippen molar-refractivity contribution in [2.75, 3.05) is 47.5 Å². The van der Waals surface area contributed by atoms with Gasteiger partial charge in [0.1, 0.15) is 19.8 Å². The van der Waals surface area contributed by atoms with E-state index in [2.05, 4.69) is 154 Å². The second-order valence-corrected chi connectivity index (χ2v) is 18.2. The van der Waals surface area contributed by atoms with E-state index in [-0.39, 0.29) is 26.1 Å². The molecule has 0 aliphatic rings. The van der Waals surface area contributed by atoms with Gasteiger partial charge in [-0.25, -0.2) is 4.57 Å². The maximum atomic E-state index is 12.7. The van der Waals surface area contributed by atoms with E-state index in [1.165, 1.54) is 0 Å². The van der Waals surface area contributed by atoms with Crippen LogP contribution >= 0.6 is 7.82 Å². The molecule has 0 aromatic heterocycles. The molecule has 2 atom stereocenters. The van der Waals surface area contributed by atoms with Crippen LogP contribution in [0.3, 0.4) is 0 Å². The lowest BCUT2D eigenvalue weighted by molar-refractivity contribution is -0.870. The Morgan fingerprint density at radius 2 is 0.833 bits per heavy atom. The molecular formula is C56H89NO8P+. The first-order chi connectivity index (χ1) is 32.0. The number of esters is 2. The van der Waals surface area contributed by atoms with Crippen molar-refractivity contribution in [2.45, 2.75) is 148 Å². The Hall–Kier alpha value is -4.11. The van der Waals surface area contributed by atoms with Crippen LogP contribution in [0.5, 0.6) is 0 Å². The van der Waals surface area contributed by atoms with Crippen molar-refractivity contribution in [2.24, 2.45) is 0 Å². The summed E-state index contributed by atoms with van der Waals surface area (Å²) in [6, 6.07) is 0. The minimum Gasteiger partial charge on any atom is -0.462 e. The fourth-order valence-electron chi connectivity index (χ4n) is 5.62. The molecule has 9 nitrogen and oxygen atoms in total. The highest BCUT2D eigenvalue weighted by atomic mass is 31.2. The average molecular weight is 935 g/mol. The summed E-state index contributed by atoms with van der Waals surface area (Å²) in [6.07, 6.45) is 67.7. The van der Waals surface area contributed by atoms with Gasteiger partial charge in [-0.2, -0.15) is 0 Å². The highest BCUT2D eigenvalue weighted by Gasteiger charge is 2.27. The lowest BCUT2D eigenvalue weighted by atomic mass is 10.1. The summed E-state index contributed by atoms with van der Waals surface area (Å²) in [4.78, 5) is 35.5. The van der Waals surface area contributed by atoms with Crippen molar-refractivity contribution in [1.29, 1.82) is 0 Å². The number of unbranched alkanes of at least 4 members (excludes halogenated alkanes) is 4. The highest BCUT2D eigenvalue weighted by Crippen LogP contribution is 2.43. The third-order valence-electron chi connectivity index (χ3n) is 9.36. The SMILES string of the molecule is CC/C=C\C/C=C\C/C=C\C/C=C\C/C=C\C/C=C\C/C=C\CCCC(=O)OC(COC(=O)CCCCC/C=C\C/C=C\C/C=C\C/C=C\C/C=C\CC)COP(=O)(O)OCC[N+](C)(C)C. The maximum Gasteiger partial charge on any atom is 0.472 e. The molecule has 0 radical (unpaired) electrons. The minimum absolute atomic E-state index is 0.00537. The molecule has 0 aromatic carbocycles. The van der Waals surface area contributed by atoms with E-state index >= 15 is 0 Å². The van der Waals surface area contributed by atoms with Crippen LogP contribution in [-0.2, 0) is 32.7 Å². The lowest BCUT2D eigenvalue weighted by Gasteiger charge is -2.24. The normalized spacial score (nSPS) is 14.7. The smallest absolute Gasteiger partial charge is 0.462 e. The molecule has 0 bridgehead atoms. The predicted octanol–water partition coefficient (Wildman–Crippen LogP) is 14.8. The summed E-state index contributed by atoms with van der Waals surface area (Å²) in [5.41, 5.74) is 0. The van der Waals surface area contributed by atoms with Crippen LogP contribution < -0.4 is 0 Å². The highest BCUT2D eigenvalue weighted by molar-refractivity contribution is 7.47. The first kappa shape index (κ1) is 61.9. The monoisotopic (exact) mass is 935 g/mol. The molecule has 10 heteroatoms. The number of likely N-dealkylation sites (N-methyl/N-ethyl adjacent to an activating group) is 1. The number of carbonyl (C=O) groups excluding carboxylic acids is 2. The molecule has 0 amide bonds. The van der Waals surface area contributed by atoms with Gasteiger partial charge in [0, 0.05) is 12.8 Å². The molecule has 0 fully saturated rings. The van der Waals surface area contributed by atoms with E-state index in [1.807, 2.05) is 27.2 Å². The Kier molecular flexibility index (Phi) is 43.2. The Morgan fingerprint density at radius 3 is 1.23 bits per heavy atom. The van der Waals surface area contributed by atoms with Crippen molar-refractivity contribution in [3.05, 3.63) is 146 Å². The third-order valence-corrected chi connectivity index (χ3v) is 10.3. The molecule has 0 aliphatic heterocycles. The van der Waals surface area contributed by atoms with Gasteiger partial charge in [-0.05, 0) is 109 Å². The number of ether oxygens (including phenoxy) is 2. The van der Waals surface area contributed by atoms with E-state index in [1.54, 1.807) is 0 Å². The number of quaternary nitrogens is 1. The molecular weight excluding hydrogens is 846 g/mol. The van der Waals surface area contributed by atoms with Crippen LogP contribution in [-0.4, -0.2) is 74.9 Å². The minimum atomic E-state index is -4.42. The first-order valence-corrected chi connectivity index (χ1v) is 26.1. The van der Waals surface area contributed by atoms with E-state index in [9.17, 15) is 19.0 Å². The Labute approximate surface area is 402 Å². The zero-order chi connectivity index (χ0) is 48.5. The van der Waals surface area contributed by atoms with Crippen LogP contribution in [0.2, 0.25) is 0 Å². The van der Waals surface area contributed by atoms with E-state index < -0.39 is 32.5 Å².